The number of esters is 1. The van der Waals surface area contributed by atoms with Crippen LogP contribution in [0.3, 0.4) is 0 Å². The molecule has 0 radical (unpaired) electrons. The van der Waals surface area contributed by atoms with E-state index < -0.39 is 0 Å². The van der Waals surface area contributed by atoms with E-state index in [0.717, 1.165) is 12.8 Å². The summed E-state index contributed by atoms with van der Waals surface area (Å²) in [6, 6.07) is 9.07. The lowest BCUT2D eigenvalue weighted by Gasteiger charge is -2.19. The summed E-state index contributed by atoms with van der Waals surface area (Å²) in [6.45, 7) is 4.27. The molecule has 0 aromatic heterocycles. The highest BCUT2D eigenvalue weighted by Crippen LogP contribution is 2.28. The number of rotatable bonds is 2. The zero-order valence-corrected chi connectivity index (χ0v) is 10.8. The summed E-state index contributed by atoms with van der Waals surface area (Å²) in [5.41, 5.74) is 3.12. The first-order valence-electron chi connectivity index (χ1n) is 6.27. The van der Waals surface area contributed by atoms with Gasteiger partial charge < -0.3 is 4.74 Å². The molecule has 0 bridgehead atoms. The van der Waals surface area contributed by atoms with Crippen LogP contribution >= 0.6 is 0 Å². The fourth-order valence-electron chi connectivity index (χ4n) is 2.03. The van der Waals surface area contributed by atoms with Gasteiger partial charge in [-0.05, 0) is 43.4 Å². The largest absolute Gasteiger partial charge is 0.431 e. The Morgan fingerprint density at radius 1 is 1.33 bits per heavy atom. The minimum atomic E-state index is -0.289. The number of hydrogen-bond acceptors (Lipinski definition) is 2. The molecule has 0 amide bonds. The summed E-state index contributed by atoms with van der Waals surface area (Å²) in [5, 5.41) is 0. The van der Waals surface area contributed by atoms with Crippen molar-refractivity contribution in [3.63, 3.8) is 0 Å². The molecule has 1 atom stereocenters. The summed E-state index contributed by atoms with van der Waals surface area (Å²) < 4.78 is 5.26. The van der Waals surface area contributed by atoms with Crippen LogP contribution in [-0.4, -0.2) is 5.97 Å². The summed E-state index contributed by atoms with van der Waals surface area (Å²) in [6.07, 6.45) is 5.82. The van der Waals surface area contributed by atoms with E-state index in [0.29, 0.717) is 11.5 Å². The van der Waals surface area contributed by atoms with E-state index in [2.05, 4.69) is 19.9 Å². The molecule has 0 saturated heterocycles. The topological polar surface area (TPSA) is 26.3 Å². The minimum absolute atomic E-state index is 0.289. The second-order valence-corrected chi connectivity index (χ2v) is 4.83. The van der Waals surface area contributed by atoms with Gasteiger partial charge >= 0.3 is 5.97 Å². The number of carbonyl (C=O) groups excluding carboxylic acids is 1. The maximum Gasteiger partial charge on any atom is 0.342 e. The van der Waals surface area contributed by atoms with Crippen molar-refractivity contribution in [2.24, 2.45) is 5.92 Å². The van der Waals surface area contributed by atoms with Gasteiger partial charge in [-0.2, -0.15) is 0 Å². The van der Waals surface area contributed by atoms with Gasteiger partial charge in [-0.3, -0.25) is 0 Å². The summed E-state index contributed by atoms with van der Waals surface area (Å²) >= 11 is 0. The van der Waals surface area contributed by atoms with Gasteiger partial charge in [0.05, 0.1) is 11.8 Å². The molecule has 0 saturated carbocycles. The van der Waals surface area contributed by atoms with Gasteiger partial charge in [-0.15, -0.1) is 0 Å². The number of ether oxygens (including phenoxy) is 1. The Labute approximate surface area is 108 Å². The van der Waals surface area contributed by atoms with Crippen molar-refractivity contribution in [3.8, 4) is 0 Å². The average Bonchev–Trinajstić information content (AvgIpc) is 2.40. The van der Waals surface area contributed by atoms with Gasteiger partial charge in [0.2, 0.25) is 0 Å². The predicted molar refractivity (Wildman–Crippen MR) is 72.1 cm³/mol. The van der Waals surface area contributed by atoms with E-state index in [-0.39, 0.29) is 5.97 Å². The molecule has 0 fully saturated rings. The molecule has 2 heteroatoms. The molecule has 94 valence electrons. The Balaban J connectivity index is 2.03. The Morgan fingerprint density at radius 3 is 2.78 bits per heavy atom. The molecule has 2 rings (SSSR count). The Kier molecular flexibility index (Phi) is 3.98. The molecular weight excluding hydrogens is 224 g/mol. The molecule has 1 aliphatic rings. The first kappa shape index (κ1) is 12.6. The van der Waals surface area contributed by atoms with Crippen molar-refractivity contribution in [1.29, 1.82) is 0 Å². The SMILES string of the molecule is CC1=CCC(C)C(=COC(=O)c2ccccc2)C1. The average molecular weight is 242 g/mol. The van der Waals surface area contributed by atoms with Gasteiger partial charge in [0.1, 0.15) is 0 Å². The van der Waals surface area contributed by atoms with E-state index in [1.165, 1.54) is 11.1 Å². The quantitative estimate of drug-likeness (QED) is 0.443. The molecule has 0 aliphatic heterocycles. The molecule has 0 spiro atoms. The molecule has 0 heterocycles. The lowest BCUT2D eigenvalue weighted by molar-refractivity contribution is 0.0658. The highest BCUT2D eigenvalue weighted by Gasteiger charge is 2.15. The smallest absolute Gasteiger partial charge is 0.342 e. The molecule has 1 aliphatic carbocycles. The van der Waals surface area contributed by atoms with Crippen LogP contribution in [-0.2, 0) is 4.74 Å². The van der Waals surface area contributed by atoms with Gasteiger partial charge in [0.15, 0.2) is 0 Å². The highest BCUT2D eigenvalue weighted by atomic mass is 16.5. The van der Waals surface area contributed by atoms with Crippen LogP contribution in [0.2, 0.25) is 0 Å². The van der Waals surface area contributed by atoms with E-state index in [9.17, 15) is 4.79 Å². The molecule has 1 aromatic carbocycles. The third-order valence-corrected chi connectivity index (χ3v) is 3.26. The molecular formula is C16H18O2. The van der Waals surface area contributed by atoms with Crippen LogP contribution in [0.1, 0.15) is 37.0 Å². The van der Waals surface area contributed by atoms with Crippen LogP contribution in [0, 0.1) is 5.92 Å². The number of carbonyl (C=O) groups is 1. The van der Waals surface area contributed by atoms with Gasteiger partial charge in [0, 0.05) is 0 Å². The van der Waals surface area contributed by atoms with Crippen LogP contribution in [0.4, 0.5) is 0 Å². The number of hydrogen-bond donors (Lipinski definition) is 0. The van der Waals surface area contributed by atoms with Crippen LogP contribution in [0.15, 0.2) is 53.8 Å². The number of benzene rings is 1. The van der Waals surface area contributed by atoms with E-state index in [1.54, 1.807) is 18.4 Å². The van der Waals surface area contributed by atoms with Crippen molar-refractivity contribution in [2.75, 3.05) is 0 Å². The summed E-state index contributed by atoms with van der Waals surface area (Å²) in [4.78, 5) is 11.8. The zero-order valence-electron chi connectivity index (χ0n) is 10.8. The van der Waals surface area contributed by atoms with E-state index in [4.69, 9.17) is 4.74 Å². The van der Waals surface area contributed by atoms with Gasteiger partial charge in [0.25, 0.3) is 0 Å². The fourth-order valence-corrected chi connectivity index (χ4v) is 2.03. The van der Waals surface area contributed by atoms with Crippen molar-refractivity contribution < 1.29 is 9.53 Å². The first-order chi connectivity index (χ1) is 8.66. The van der Waals surface area contributed by atoms with E-state index in [1.807, 2.05) is 18.2 Å². The second-order valence-electron chi connectivity index (χ2n) is 4.83. The Morgan fingerprint density at radius 2 is 2.06 bits per heavy atom. The Hall–Kier alpha value is -1.83. The highest BCUT2D eigenvalue weighted by molar-refractivity contribution is 5.89. The summed E-state index contributed by atoms with van der Waals surface area (Å²) in [7, 11) is 0. The van der Waals surface area contributed by atoms with E-state index >= 15 is 0 Å². The number of allylic oxidation sites excluding steroid dienone is 3. The third-order valence-electron chi connectivity index (χ3n) is 3.26. The zero-order chi connectivity index (χ0) is 13.0. The van der Waals surface area contributed by atoms with Crippen molar-refractivity contribution in [1.82, 2.24) is 0 Å². The van der Waals surface area contributed by atoms with Crippen molar-refractivity contribution >= 4 is 5.97 Å². The van der Waals surface area contributed by atoms with Crippen LogP contribution in [0.25, 0.3) is 0 Å². The molecule has 2 nitrogen and oxygen atoms in total. The predicted octanol–water partition coefficient (Wildman–Crippen LogP) is 4.10. The van der Waals surface area contributed by atoms with Gasteiger partial charge in [-0.1, -0.05) is 36.8 Å². The lowest BCUT2D eigenvalue weighted by Crippen LogP contribution is -2.07. The third kappa shape index (κ3) is 3.10. The standard InChI is InChI=1S/C16H18O2/c1-12-8-9-13(2)15(10-12)11-18-16(17)14-6-4-3-5-7-14/h3-8,11,13H,9-10H2,1-2H3. The maximum atomic E-state index is 11.8. The first-order valence-corrected chi connectivity index (χ1v) is 6.27. The molecule has 0 N–H and O–H groups in total. The fraction of sp³-hybridized carbons (Fsp3) is 0.312. The lowest BCUT2D eigenvalue weighted by atomic mass is 9.87. The van der Waals surface area contributed by atoms with Gasteiger partial charge in [-0.25, -0.2) is 4.79 Å². The Bertz CT molecular complexity index is 483. The van der Waals surface area contributed by atoms with Crippen LogP contribution in [0.5, 0.6) is 0 Å². The maximum absolute atomic E-state index is 11.8. The molecule has 18 heavy (non-hydrogen) atoms. The van der Waals surface area contributed by atoms with Crippen LogP contribution < -0.4 is 0 Å². The molecule has 1 unspecified atom stereocenters. The van der Waals surface area contributed by atoms with Crippen molar-refractivity contribution in [2.45, 2.75) is 26.7 Å². The van der Waals surface area contributed by atoms with Crippen molar-refractivity contribution in [3.05, 3.63) is 59.4 Å². The minimum Gasteiger partial charge on any atom is -0.431 e. The second kappa shape index (κ2) is 5.67. The normalized spacial score (nSPS) is 21.6. The molecule has 1 aromatic rings. The monoisotopic (exact) mass is 242 g/mol. The summed E-state index contributed by atoms with van der Waals surface area (Å²) in [5.74, 6) is 0.166.